The SMILES string of the molecule is NC1=NC2(CCCCC2)N(c2ccc(-n3cncn3)c(F)c2)C(N)=N1. The second-order valence-corrected chi connectivity index (χ2v) is 6.29. The number of anilines is 1. The van der Waals surface area contributed by atoms with Crippen molar-refractivity contribution in [2.75, 3.05) is 4.90 Å². The lowest BCUT2D eigenvalue weighted by Crippen LogP contribution is -2.58. The Morgan fingerprint density at radius 2 is 1.92 bits per heavy atom. The minimum atomic E-state index is -0.588. The number of aromatic nitrogens is 3. The van der Waals surface area contributed by atoms with Gasteiger partial charge in [-0.25, -0.2) is 19.0 Å². The van der Waals surface area contributed by atoms with Gasteiger partial charge >= 0.3 is 0 Å². The summed E-state index contributed by atoms with van der Waals surface area (Å²) in [4.78, 5) is 14.3. The van der Waals surface area contributed by atoms with Gasteiger partial charge in [-0.15, -0.1) is 0 Å². The summed E-state index contributed by atoms with van der Waals surface area (Å²) < 4.78 is 16.0. The first kappa shape index (κ1) is 15.6. The quantitative estimate of drug-likeness (QED) is 0.859. The molecule has 0 radical (unpaired) electrons. The summed E-state index contributed by atoms with van der Waals surface area (Å²) in [5.41, 5.74) is 12.3. The summed E-state index contributed by atoms with van der Waals surface area (Å²) in [6, 6.07) is 4.85. The largest absolute Gasteiger partial charge is 0.369 e. The zero-order valence-electron chi connectivity index (χ0n) is 13.6. The van der Waals surface area contributed by atoms with E-state index in [4.69, 9.17) is 11.5 Å². The average Bonchev–Trinajstić information content (AvgIpc) is 3.09. The maximum absolute atomic E-state index is 14.7. The Balaban J connectivity index is 1.77. The van der Waals surface area contributed by atoms with E-state index in [1.165, 1.54) is 23.4 Å². The molecule has 2 aromatic rings. The predicted octanol–water partition coefficient (Wildman–Crippen LogP) is 1.52. The Labute approximate surface area is 144 Å². The molecule has 1 spiro atoms. The van der Waals surface area contributed by atoms with Crippen LogP contribution in [0.3, 0.4) is 0 Å². The van der Waals surface area contributed by atoms with Crippen molar-refractivity contribution in [2.24, 2.45) is 21.5 Å². The molecule has 4 N–H and O–H groups in total. The minimum absolute atomic E-state index is 0.176. The van der Waals surface area contributed by atoms with Crippen LogP contribution in [0.15, 0.2) is 40.8 Å². The lowest BCUT2D eigenvalue weighted by atomic mass is 9.87. The molecule has 1 saturated carbocycles. The minimum Gasteiger partial charge on any atom is -0.369 e. The van der Waals surface area contributed by atoms with Gasteiger partial charge in [0.25, 0.3) is 0 Å². The van der Waals surface area contributed by atoms with Gasteiger partial charge in [0.05, 0.1) is 0 Å². The highest BCUT2D eigenvalue weighted by Crippen LogP contribution is 2.39. The first-order valence-corrected chi connectivity index (χ1v) is 8.23. The van der Waals surface area contributed by atoms with Gasteiger partial charge in [0.1, 0.15) is 24.0 Å². The first-order chi connectivity index (χ1) is 12.1. The van der Waals surface area contributed by atoms with E-state index in [-0.39, 0.29) is 11.9 Å². The molecule has 1 aromatic heterocycles. The topological polar surface area (TPSA) is 111 Å². The van der Waals surface area contributed by atoms with Crippen molar-refractivity contribution in [2.45, 2.75) is 37.8 Å². The predicted molar refractivity (Wildman–Crippen MR) is 92.9 cm³/mol. The van der Waals surface area contributed by atoms with Crippen LogP contribution in [0.1, 0.15) is 32.1 Å². The molecule has 0 bridgehead atoms. The van der Waals surface area contributed by atoms with Gasteiger partial charge in [0, 0.05) is 5.69 Å². The van der Waals surface area contributed by atoms with Gasteiger partial charge in [0.2, 0.25) is 11.9 Å². The van der Waals surface area contributed by atoms with Gasteiger partial charge in [-0.2, -0.15) is 10.1 Å². The molecular weight excluding hydrogens is 323 g/mol. The smallest absolute Gasteiger partial charge is 0.220 e. The maximum Gasteiger partial charge on any atom is 0.220 e. The Morgan fingerprint density at radius 1 is 1.12 bits per heavy atom. The zero-order chi connectivity index (χ0) is 17.4. The van der Waals surface area contributed by atoms with Crippen LogP contribution in [0.2, 0.25) is 0 Å². The van der Waals surface area contributed by atoms with E-state index in [2.05, 4.69) is 20.1 Å². The number of rotatable bonds is 2. The van der Waals surface area contributed by atoms with Crippen LogP contribution in [0.4, 0.5) is 10.1 Å². The molecule has 4 rings (SSSR count). The molecule has 9 heteroatoms. The van der Waals surface area contributed by atoms with Crippen molar-refractivity contribution in [3.05, 3.63) is 36.7 Å². The molecule has 0 unspecified atom stereocenters. The number of aliphatic imine (C=N–C) groups is 2. The number of hydrogen-bond acceptors (Lipinski definition) is 7. The highest BCUT2D eigenvalue weighted by molar-refractivity contribution is 6.05. The summed E-state index contributed by atoms with van der Waals surface area (Å²) in [5, 5.41) is 3.96. The number of halogens is 1. The number of nitrogens with two attached hydrogens (primary N) is 2. The lowest BCUT2D eigenvalue weighted by Gasteiger charge is -2.45. The molecular formula is C16H19FN8. The van der Waals surface area contributed by atoms with E-state index in [1.807, 2.05) is 0 Å². The lowest BCUT2D eigenvalue weighted by molar-refractivity contribution is 0.305. The van der Waals surface area contributed by atoms with E-state index in [0.717, 1.165) is 32.1 Å². The molecule has 0 atom stereocenters. The van der Waals surface area contributed by atoms with E-state index in [9.17, 15) is 4.39 Å². The van der Waals surface area contributed by atoms with Crippen LogP contribution < -0.4 is 16.4 Å². The third kappa shape index (κ3) is 2.61. The summed E-state index contributed by atoms with van der Waals surface area (Å²) >= 11 is 0. The fourth-order valence-corrected chi connectivity index (χ4v) is 3.65. The first-order valence-electron chi connectivity index (χ1n) is 8.23. The van der Waals surface area contributed by atoms with E-state index < -0.39 is 11.5 Å². The third-order valence-corrected chi connectivity index (χ3v) is 4.71. The number of nitrogens with zero attached hydrogens (tertiary/aromatic N) is 6. The maximum atomic E-state index is 14.7. The molecule has 2 aliphatic rings. The van der Waals surface area contributed by atoms with Crippen LogP contribution in [-0.4, -0.2) is 32.3 Å². The molecule has 1 aromatic carbocycles. The Bertz CT molecular complexity index is 836. The van der Waals surface area contributed by atoms with E-state index >= 15 is 0 Å². The van der Waals surface area contributed by atoms with Crippen molar-refractivity contribution in [1.29, 1.82) is 0 Å². The third-order valence-electron chi connectivity index (χ3n) is 4.71. The number of guanidine groups is 2. The second-order valence-electron chi connectivity index (χ2n) is 6.29. The van der Waals surface area contributed by atoms with Gasteiger partial charge in [-0.1, -0.05) is 6.42 Å². The van der Waals surface area contributed by atoms with E-state index in [1.54, 1.807) is 17.0 Å². The zero-order valence-corrected chi connectivity index (χ0v) is 13.6. The molecule has 25 heavy (non-hydrogen) atoms. The fourth-order valence-electron chi connectivity index (χ4n) is 3.65. The van der Waals surface area contributed by atoms with Crippen LogP contribution in [-0.2, 0) is 0 Å². The van der Waals surface area contributed by atoms with Crippen molar-refractivity contribution < 1.29 is 4.39 Å². The van der Waals surface area contributed by atoms with Gasteiger partial charge < -0.3 is 11.5 Å². The molecule has 0 amide bonds. The highest BCUT2D eigenvalue weighted by atomic mass is 19.1. The molecule has 130 valence electrons. The number of hydrogen-bond donors (Lipinski definition) is 2. The molecule has 1 fully saturated rings. The second kappa shape index (κ2) is 5.83. The van der Waals surface area contributed by atoms with Crippen molar-refractivity contribution in [3.8, 4) is 5.69 Å². The van der Waals surface area contributed by atoms with Crippen LogP contribution in [0.25, 0.3) is 5.69 Å². The van der Waals surface area contributed by atoms with E-state index in [0.29, 0.717) is 11.4 Å². The van der Waals surface area contributed by atoms with Crippen molar-refractivity contribution in [1.82, 2.24) is 14.8 Å². The molecule has 8 nitrogen and oxygen atoms in total. The van der Waals surface area contributed by atoms with Gasteiger partial charge in [-0.05, 0) is 43.9 Å². The highest BCUT2D eigenvalue weighted by Gasteiger charge is 2.42. The van der Waals surface area contributed by atoms with Crippen LogP contribution in [0, 0.1) is 5.82 Å². The van der Waals surface area contributed by atoms with Crippen molar-refractivity contribution >= 4 is 17.6 Å². The standard InChI is InChI=1S/C16H19FN8/c17-12-8-11(4-5-13(12)24-10-20-9-21-24)25-15(19)22-14(18)23-16(25)6-2-1-3-7-16/h4-5,8-10H,1-3,6-7H2,(H4,18,19,22,23). The Morgan fingerprint density at radius 3 is 2.60 bits per heavy atom. The summed E-state index contributed by atoms with van der Waals surface area (Å²) in [6.07, 6.45) is 7.58. The number of benzene rings is 1. The average molecular weight is 342 g/mol. The summed E-state index contributed by atoms with van der Waals surface area (Å²) in [6.45, 7) is 0. The fraction of sp³-hybridized carbons (Fsp3) is 0.375. The Kier molecular flexibility index (Phi) is 3.63. The molecule has 0 saturated heterocycles. The van der Waals surface area contributed by atoms with Crippen LogP contribution in [0.5, 0.6) is 0 Å². The summed E-state index contributed by atoms with van der Waals surface area (Å²) in [5.74, 6) is -0.0121. The Hall–Kier alpha value is -2.97. The normalized spacial score (nSPS) is 19.6. The van der Waals surface area contributed by atoms with Gasteiger partial charge in [-0.3, -0.25) is 4.90 Å². The molecule has 2 heterocycles. The van der Waals surface area contributed by atoms with Gasteiger partial charge in [0.15, 0.2) is 5.82 Å². The van der Waals surface area contributed by atoms with Crippen LogP contribution >= 0.6 is 0 Å². The monoisotopic (exact) mass is 342 g/mol. The molecule has 1 aliphatic carbocycles. The molecule has 1 aliphatic heterocycles. The van der Waals surface area contributed by atoms with Crippen molar-refractivity contribution in [3.63, 3.8) is 0 Å². The summed E-state index contributed by atoms with van der Waals surface area (Å²) in [7, 11) is 0.